The largest absolute Gasteiger partial charge is 0.497 e. The molecule has 0 unspecified atom stereocenters. The molecule has 0 radical (unpaired) electrons. The van der Waals surface area contributed by atoms with E-state index in [1.165, 1.54) is 11.1 Å². The normalized spacial score (nSPS) is 19.5. The van der Waals surface area contributed by atoms with Crippen molar-refractivity contribution in [3.05, 3.63) is 89.5 Å². The summed E-state index contributed by atoms with van der Waals surface area (Å²) >= 11 is 0. The molecular weight excluding hydrogens is 376 g/mol. The van der Waals surface area contributed by atoms with E-state index in [1.807, 2.05) is 30.3 Å². The zero-order valence-corrected chi connectivity index (χ0v) is 17.7. The van der Waals surface area contributed by atoms with E-state index in [1.54, 1.807) is 7.11 Å². The zero-order chi connectivity index (χ0) is 21.1. The summed E-state index contributed by atoms with van der Waals surface area (Å²) in [5.41, 5.74) is 3.17. The molecule has 30 heavy (non-hydrogen) atoms. The average Bonchev–Trinajstić information content (AvgIpc) is 2.76. The summed E-state index contributed by atoms with van der Waals surface area (Å²) in [6, 6.07) is 24.8. The summed E-state index contributed by atoms with van der Waals surface area (Å²) in [4.78, 5) is 0. The molecule has 0 bridgehead atoms. The molecule has 0 amide bonds. The first-order valence-corrected chi connectivity index (χ1v) is 10.3. The highest BCUT2D eigenvalue weighted by Crippen LogP contribution is 2.53. The molecule has 0 aliphatic carbocycles. The molecule has 0 saturated carbocycles. The molecule has 4 nitrogen and oxygen atoms in total. The third-order valence-electron chi connectivity index (χ3n) is 5.77. The molecule has 1 N–H and O–H groups in total. The van der Waals surface area contributed by atoms with Crippen LogP contribution in [0.3, 0.4) is 0 Å². The van der Waals surface area contributed by atoms with Gasteiger partial charge in [-0.05, 0) is 43.2 Å². The Kier molecular flexibility index (Phi) is 5.69. The molecule has 0 aromatic heterocycles. The van der Waals surface area contributed by atoms with E-state index in [2.05, 4.69) is 56.3 Å². The molecule has 0 saturated heterocycles. The van der Waals surface area contributed by atoms with Gasteiger partial charge in [0.2, 0.25) is 0 Å². The molecule has 3 aromatic carbocycles. The van der Waals surface area contributed by atoms with Crippen LogP contribution in [-0.2, 0) is 0 Å². The Morgan fingerprint density at radius 2 is 1.60 bits per heavy atom. The highest BCUT2D eigenvalue weighted by Gasteiger charge is 2.45. The first kappa shape index (κ1) is 20.3. The zero-order valence-electron chi connectivity index (χ0n) is 17.7. The summed E-state index contributed by atoms with van der Waals surface area (Å²) in [5.74, 6) is 2.64. The molecule has 1 heterocycles. The maximum Gasteiger partial charge on any atom is 0.127 e. The van der Waals surface area contributed by atoms with Crippen LogP contribution in [0.2, 0.25) is 0 Å². The van der Waals surface area contributed by atoms with Crippen LogP contribution in [0.5, 0.6) is 17.2 Å². The van der Waals surface area contributed by atoms with Crippen LogP contribution in [0.4, 0.5) is 0 Å². The second-order valence-electron chi connectivity index (χ2n) is 8.12. The van der Waals surface area contributed by atoms with Gasteiger partial charge in [-0.15, -0.1) is 0 Å². The van der Waals surface area contributed by atoms with E-state index >= 15 is 0 Å². The Labute approximate surface area is 178 Å². The van der Waals surface area contributed by atoms with Gasteiger partial charge in [0, 0.05) is 23.5 Å². The molecule has 1 aliphatic rings. The fourth-order valence-corrected chi connectivity index (χ4v) is 4.48. The van der Waals surface area contributed by atoms with Gasteiger partial charge < -0.3 is 19.3 Å². The van der Waals surface area contributed by atoms with Crippen molar-refractivity contribution in [3.8, 4) is 17.2 Å². The SMILES string of the molecule is COc1ccc2c(c1)OC(C)(C)[C@H](c1ccccc1)[C@H]2c1ccc(OCCO)cc1. The third-order valence-corrected chi connectivity index (χ3v) is 5.77. The summed E-state index contributed by atoms with van der Waals surface area (Å²) < 4.78 is 17.5. The standard InChI is InChI=1S/C26H28O4/c1-26(2)25(19-7-5-4-6-8-19)24(18-9-11-20(12-10-18)29-16-15-27)22-14-13-21(28-3)17-23(22)30-26/h4-14,17,24-25,27H,15-16H2,1-3H3/t24-,25+/m0/s1. The second-order valence-corrected chi connectivity index (χ2v) is 8.12. The van der Waals surface area contributed by atoms with Gasteiger partial charge in [0.1, 0.15) is 29.5 Å². The van der Waals surface area contributed by atoms with Gasteiger partial charge in [-0.25, -0.2) is 0 Å². The predicted molar refractivity (Wildman–Crippen MR) is 118 cm³/mol. The lowest BCUT2D eigenvalue weighted by Gasteiger charge is -2.45. The second kappa shape index (κ2) is 8.41. The van der Waals surface area contributed by atoms with E-state index in [-0.39, 0.29) is 18.4 Å². The highest BCUT2D eigenvalue weighted by molar-refractivity contribution is 5.52. The van der Waals surface area contributed by atoms with E-state index < -0.39 is 5.60 Å². The van der Waals surface area contributed by atoms with Gasteiger partial charge in [0.25, 0.3) is 0 Å². The van der Waals surface area contributed by atoms with Crippen molar-refractivity contribution >= 4 is 0 Å². The van der Waals surface area contributed by atoms with Crippen LogP contribution in [0.1, 0.15) is 42.4 Å². The number of aliphatic hydroxyl groups is 1. The molecule has 3 aromatic rings. The van der Waals surface area contributed by atoms with Crippen molar-refractivity contribution in [3.63, 3.8) is 0 Å². The van der Waals surface area contributed by atoms with Crippen LogP contribution >= 0.6 is 0 Å². The Morgan fingerprint density at radius 1 is 0.900 bits per heavy atom. The van der Waals surface area contributed by atoms with Crippen LogP contribution in [-0.4, -0.2) is 31.0 Å². The van der Waals surface area contributed by atoms with E-state index in [0.29, 0.717) is 6.61 Å². The lowest BCUT2D eigenvalue weighted by atomic mass is 9.68. The summed E-state index contributed by atoms with van der Waals surface area (Å²) in [6.45, 7) is 4.59. The Bertz CT molecular complexity index is 980. The van der Waals surface area contributed by atoms with Crippen LogP contribution in [0.25, 0.3) is 0 Å². The number of hydrogen-bond acceptors (Lipinski definition) is 4. The molecule has 0 spiro atoms. The number of aliphatic hydroxyl groups excluding tert-OH is 1. The monoisotopic (exact) mass is 404 g/mol. The Hall–Kier alpha value is -2.98. The first-order chi connectivity index (χ1) is 14.5. The van der Waals surface area contributed by atoms with Crippen molar-refractivity contribution in [1.82, 2.24) is 0 Å². The van der Waals surface area contributed by atoms with Crippen LogP contribution in [0, 0.1) is 0 Å². The molecule has 4 rings (SSSR count). The van der Waals surface area contributed by atoms with E-state index in [4.69, 9.17) is 19.3 Å². The van der Waals surface area contributed by atoms with Crippen molar-refractivity contribution in [1.29, 1.82) is 0 Å². The number of hydrogen-bond donors (Lipinski definition) is 1. The lowest BCUT2D eigenvalue weighted by Crippen LogP contribution is -2.43. The number of ether oxygens (including phenoxy) is 3. The van der Waals surface area contributed by atoms with Gasteiger partial charge in [-0.1, -0.05) is 48.5 Å². The summed E-state index contributed by atoms with van der Waals surface area (Å²) in [5, 5.41) is 9.01. The minimum atomic E-state index is -0.419. The number of methoxy groups -OCH3 is 1. The van der Waals surface area contributed by atoms with Crippen molar-refractivity contribution < 1.29 is 19.3 Å². The molecule has 2 atom stereocenters. The quantitative estimate of drug-likeness (QED) is 0.617. The van der Waals surface area contributed by atoms with Crippen molar-refractivity contribution in [2.45, 2.75) is 31.3 Å². The van der Waals surface area contributed by atoms with E-state index in [0.717, 1.165) is 22.8 Å². The fourth-order valence-electron chi connectivity index (χ4n) is 4.48. The molecule has 4 heteroatoms. The minimum absolute atomic E-state index is 0.00118. The smallest absolute Gasteiger partial charge is 0.127 e. The minimum Gasteiger partial charge on any atom is -0.497 e. The van der Waals surface area contributed by atoms with Crippen LogP contribution < -0.4 is 14.2 Å². The van der Waals surface area contributed by atoms with Crippen LogP contribution in [0.15, 0.2) is 72.8 Å². The maximum atomic E-state index is 9.01. The number of fused-ring (bicyclic) bond motifs is 1. The molecule has 156 valence electrons. The van der Waals surface area contributed by atoms with Gasteiger partial charge in [0.05, 0.1) is 13.7 Å². The van der Waals surface area contributed by atoms with Crippen molar-refractivity contribution in [2.75, 3.05) is 20.3 Å². The lowest BCUT2D eigenvalue weighted by molar-refractivity contribution is 0.0528. The fraction of sp³-hybridized carbons (Fsp3) is 0.308. The Morgan fingerprint density at radius 3 is 2.27 bits per heavy atom. The Balaban J connectivity index is 1.84. The van der Waals surface area contributed by atoms with Gasteiger partial charge in [0.15, 0.2) is 0 Å². The number of rotatable bonds is 6. The molecular formula is C26H28O4. The van der Waals surface area contributed by atoms with Gasteiger partial charge in [-0.3, -0.25) is 0 Å². The van der Waals surface area contributed by atoms with Gasteiger partial charge >= 0.3 is 0 Å². The highest BCUT2D eigenvalue weighted by atomic mass is 16.5. The van der Waals surface area contributed by atoms with Gasteiger partial charge in [-0.2, -0.15) is 0 Å². The average molecular weight is 405 g/mol. The summed E-state index contributed by atoms with van der Waals surface area (Å²) in [6.07, 6.45) is 0. The summed E-state index contributed by atoms with van der Waals surface area (Å²) in [7, 11) is 1.67. The predicted octanol–water partition coefficient (Wildman–Crippen LogP) is 5.15. The third kappa shape index (κ3) is 3.88. The topological polar surface area (TPSA) is 47.9 Å². The molecule has 1 aliphatic heterocycles. The van der Waals surface area contributed by atoms with E-state index in [9.17, 15) is 0 Å². The first-order valence-electron chi connectivity index (χ1n) is 10.3. The van der Waals surface area contributed by atoms with Crippen molar-refractivity contribution in [2.24, 2.45) is 0 Å². The molecule has 0 fully saturated rings. The maximum absolute atomic E-state index is 9.01. The number of benzene rings is 3.